The highest BCUT2D eigenvalue weighted by Gasteiger charge is 2.16. The van der Waals surface area contributed by atoms with Crippen LogP contribution < -0.4 is 0 Å². The SMILES string of the molecule is CC(C)n1c(-c2cc(O)cc(O)c2)nc2cc(Cl)ccc21. The van der Waals surface area contributed by atoms with Crippen molar-refractivity contribution in [2.24, 2.45) is 0 Å². The Labute approximate surface area is 127 Å². The smallest absolute Gasteiger partial charge is 0.141 e. The molecule has 3 aromatic rings. The van der Waals surface area contributed by atoms with Crippen LogP contribution in [0.1, 0.15) is 19.9 Å². The summed E-state index contributed by atoms with van der Waals surface area (Å²) in [6.07, 6.45) is 0. The predicted molar refractivity (Wildman–Crippen MR) is 83.9 cm³/mol. The zero-order valence-corrected chi connectivity index (χ0v) is 12.5. The molecule has 5 heteroatoms. The van der Waals surface area contributed by atoms with Gasteiger partial charge in [0.1, 0.15) is 17.3 Å². The first-order valence-corrected chi connectivity index (χ1v) is 7.04. The highest BCUT2D eigenvalue weighted by molar-refractivity contribution is 6.31. The average molecular weight is 303 g/mol. The molecule has 0 atom stereocenters. The van der Waals surface area contributed by atoms with E-state index < -0.39 is 0 Å². The van der Waals surface area contributed by atoms with Crippen molar-refractivity contribution in [3.8, 4) is 22.9 Å². The fraction of sp³-hybridized carbons (Fsp3) is 0.188. The Balaban J connectivity index is 2.33. The van der Waals surface area contributed by atoms with Crippen molar-refractivity contribution in [2.75, 3.05) is 0 Å². The van der Waals surface area contributed by atoms with Crippen LogP contribution in [0.15, 0.2) is 36.4 Å². The van der Waals surface area contributed by atoms with E-state index in [1.54, 1.807) is 12.1 Å². The van der Waals surface area contributed by atoms with Crippen molar-refractivity contribution in [1.82, 2.24) is 9.55 Å². The minimum atomic E-state index is 0.00500. The second-order valence-corrected chi connectivity index (χ2v) is 5.71. The number of aromatic hydroxyl groups is 2. The number of rotatable bonds is 2. The highest BCUT2D eigenvalue weighted by atomic mass is 35.5. The van der Waals surface area contributed by atoms with Crippen LogP contribution in [0.25, 0.3) is 22.4 Å². The van der Waals surface area contributed by atoms with E-state index in [0.717, 1.165) is 11.0 Å². The minimum absolute atomic E-state index is 0.00500. The van der Waals surface area contributed by atoms with Crippen LogP contribution in [0.5, 0.6) is 11.5 Å². The van der Waals surface area contributed by atoms with E-state index in [1.165, 1.54) is 6.07 Å². The van der Waals surface area contributed by atoms with Crippen LogP contribution in [0.2, 0.25) is 5.02 Å². The molecular weight excluding hydrogens is 288 g/mol. The third-order valence-electron chi connectivity index (χ3n) is 3.33. The van der Waals surface area contributed by atoms with Gasteiger partial charge in [0.25, 0.3) is 0 Å². The lowest BCUT2D eigenvalue weighted by Gasteiger charge is -2.13. The van der Waals surface area contributed by atoms with Crippen molar-refractivity contribution in [3.63, 3.8) is 0 Å². The summed E-state index contributed by atoms with van der Waals surface area (Å²) in [5, 5.41) is 20.0. The van der Waals surface area contributed by atoms with Gasteiger partial charge in [-0.25, -0.2) is 4.98 Å². The van der Waals surface area contributed by atoms with Gasteiger partial charge in [-0.2, -0.15) is 0 Å². The van der Waals surface area contributed by atoms with Crippen molar-refractivity contribution < 1.29 is 10.2 Å². The second-order valence-electron chi connectivity index (χ2n) is 5.27. The lowest BCUT2D eigenvalue weighted by molar-refractivity contribution is 0.451. The van der Waals surface area contributed by atoms with Crippen molar-refractivity contribution >= 4 is 22.6 Å². The van der Waals surface area contributed by atoms with Crippen molar-refractivity contribution in [2.45, 2.75) is 19.9 Å². The average Bonchev–Trinajstić information content (AvgIpc) is 2.75. The zero-order chi connectivity index (χ0) is 15.1. The Kier molecular flexibility index (Phi) is 3.26. The lowest BCUT2D eigenvalue weighted by atomic mass is 10.2. The lowest BCUT2D eigenvalue weighted by Crippen LogP contribution is -2.03. The topological polar surface area (TPSA) is 58.3 Å². The molecule has 108 valence electrons. The molecular formula is C16H15ClN2O2. The molecule has 0 unspecified atom stereocenters. The van der Waals surface area contributed by atoms with Crippen LogP contribution in [0.3, 0.4) is 0 Å². The van der Waals surface area contributed by atoms with E-state index in [-0.39, 0.29) is 17.5 Å². The Morgan fingerprint density at radius 1 is 1.05 bits per heavy atom. The van der Waals surface area contributed by atoms with E-state index in [0.29, 0.717) is 16.4 Å². The molecule has 0 spiro atoms. The molecule has 0 radical (unpaired) electrons. The fourth-order valence-corrected chi connectivity index (χ4v) is 2.69. The van der Waals surface area contributed by atoms with E-state index in [4.69, 9.17) is 11.6 Å². The van der Waals surface area contributed by atoms with Crippen LogP contribution in [0, 0.1) is 0 Å². The molecule has 0 amide bonds. The van der Waals surface area contributed by atoms with Gasteiger partial charge in [0.05, 0.1) is 11.0 Å². The van der Waals surface area contributed by atoms with Gasteiger partial charge in [-0.15, -0.1) is 0 Å². The molecule has 0 aliphatic heterocycles. The number of nitrogens with zero attached hydrogens (tertiary/aromatic N) is 2. The number of imidazole rings is 1. The molecule has 0 saturated carbocycles. The summed E-state index contributed by atoms with van der Waals surface area (Å²) in [6, 6.07) is 10.2. The summed E-state index contributed by atoms with van der Waals surface area (Å²) in [5.74, 6) is 0.698. The Morgan fingerprint density at radius 2 is 1.71 bits per heavy atom. The number of fused-ring (bicyclic) bond motifs is 1. The number of hydrogen-bond donors (Lipinski definition) is 2. The summed E-state index contributed by atoms with van der Waals surface area (Å²) in [4.78, 5) is 4.60. The van der Waals surface area contributed by atoms with E-state index in [9.17, 15) is 10.2 Å². The van der Waals surface area contributed by atoms with Crippen molar-refractivity contribution in [1.29, 1.82) is 0 Å². The number of halogens is 1. The number of benzene rings is 2. The summed E-state index contributed by atoms with van der Waals surface area (Å²) < 4.78 is 2.06. The third-order valence-corrected chi connectivity index (χ3v) is 3.56. The molecule has 1 aromatic heterocycles. The molecule has 2 N–H and O–H groups in total. The summed E-state index contributed by atoms with van der Waals surface area (Å²) >= 11 is 6.03. The van der Waals surface area contributed by atoms with Crippen LogP contribution in [-0.4, -0.2) is 19.8 Å². The molecule has 4 nitrogen and oxygen atoms in total. The molecule has 0 fully saturated rings. The summed E-state index contributed by atoms with van der Waals surface area (Å²) in [7, 11) is 0. The molecule has 0 saturated heterocycles. The largest absolute Gasteiger partial charge is 0.508 e. The maximum Gasteiger partial charge on any atom is 0.141 e. The van der Waals surface area contributed by atoms with Gasteiger partial charge in [0, 0.05) is 22.7 Å². The molecule has 3 rings (SSSR count). The van der Waals surface area contributed by atoms with Crippen LogP contribution in [0.4, 0.5) is 0 Å². The molecule has 2 aromatic carbocycles. The fourth-order valence-electron chi connectivity index (χ4n) is 2.52. The van der Waals surface area contributed by atoms with Crippen molar-refractivity contribution in [3.05, 3.63) is 41.4 Å². The number of phenols is 2. The van der Waals surface area contributed by atoms with E-state index in [2.05, 4.69) is 23.4 Å². The zero-order valence-electron chi connectivity index (χ0n) is 11.7. The summed E-state index contributed by atoms with van der Waals surface area (Å²) in [6.45, 7) is 4.11. The normalized spacial score (nSPS) is 11.4. The Hall–Kier alpha value is -2.20. The Morgan fingerprint density at radius 3 is 2.33 bits per heavy atom. The van der Waals surface area contributed by atoms with Gasteiger partial charge in [0.15, 0.2) is 0 Å². The quantitative estimate of drug-likeness (QED) is 0.740. The van der Waals surface area contributed by atoms with Gasteiger partial charge >= 0.3 is 0 Å². The monoisotopic (exact) mass is 302 g/mol. The molecule has 0 aliphatic carbocycles. The maximum absolute atomic E-state index is 9.69. The first-order valence-electron chi connectivity index (χ1n) is 6.66. The van der Waals surface area contributed by atoms with Crippen LogP contribution in [-0.2, 0) is 0 Å². The predicted octanol–water partition coefficient (Wildman–Crippen LogP) is 4.35. The molecule has 21 heavy (non-hydrogen) atoms. The number of hydrogen-bond acceptors (Lipinski definition) is 3. The first kappa shape index (κ1) is 13.8. The first-order chi connectivity index (χ1) is 9.95. The van der Waals surface area contributed by atoms with Gasteiger partial charge < -0.3 is 14.8 Å². The maximum atomic E-state index is 9.69. The number of phenolic OH excluding ortho intramolecular Hbond substituents is 2. The minimum Gasteiger partial charge on any atom is -0.508 e. The van der Waals surface area contributed by atoms with E-state index >= 15 is 0 Å². The third kappa shape index (κ3) is 2.43. The highest BCUT2D eigenvalue weighted by Crippen LogP contribution is 2.33. The van der Waals surface area contributed by atoms with Gasteiger partial charge in [-0.05, 0) is 44.2 Å². The van der Waals surface area contributed by atoms with Gasteiger partial charge in [-0.3, -0.25) is 0 Å². The molecule has 0 aliphatic rings. The number of aromatic nitrogens is 2. The molecule has 1 heterocycles. The standard InChI is InChI=1S/C16H15ClN2O2/c1-9(2)19-15-4-3-11(17)7-14(15)18-16(19)10-5-12(20)8-13(21)6-10/h3-9,20-21H,1-2H3. The summed E-state index contributed by atoms with van der Waals surface area (Å²) in [5.41, 5.74) is 2.41. The Bertz CT molecular complexity index is 804. The van der Waals surface area contributed by atoms with Gasteiger partial charge in [0.2, 0.25) is 0 Å². The van der Waals surface area contributed by atoms with E-state index in [1.807, 2.05) is 18.2 Å². The molecule has 0 bridgehead atoms. The van der Waals surface area contributed by atoms with Crippen LogP contribution >= 0.6 is 11.6 Å². The second kappa shape index (κ2) is 4.97. The van der Waals surface area contributed by atoms with Gasteiger partial charge in [-0.1, -0.05) is 11.6 Å².